The van der Waals surface area contributed by atoms with E-state index in [0.717, 1.165) is 25.7 Å². The molecule has 3 rings (SSSR count). The average molecular weight is 535 g/mol. The minimum Gasteiger partial charge on any atom is -0.378 e. The first-order chi connectivity index (χ1) is 18.9. The molecule has 224 valence electrons. The van der Waals surface area contributed by atoms with Gasteiger partial charge in [0.25, 0.3) is 0 Å². The molecule has 3 aliphatic rings. The van der Waals surface area contributed by atoms with Crippen molar-refractivity contribution in [3.63, 3.8) is 0 Å². The lowest BCUT2D eigenvalue weighted by Gasteiger charge is -2.24. The molecule has 3 fully saturated rings. The minimum atomic E-state index is 0.526. The summed E-state index contributed by atoms with van der Waals surface area (Å²) in [7, 11) is 0. The van der Waals surface area contributed by atoms with Crippen LogP contribution in [0.5, 0.6) is 0 Å². The van der Waals surface area contributed by atoms with Crippen LogP contribution >= 0.6 is 0 Å². The summed E-state index contributed by atoms with van der Waals surface area (Å²) in [4.78, 5) is 0. The van der Waals surface area contributed by atoms with Crippen LogP contribution in [0.2, 0.25) is 0 Å². The third kappa shape index (κ3) is 16.2. The summed E-state index contributed by atoms with van der Waals surface area (Å²) in [5, 5.41) is 0. The molecule has 0 bridgehead atoms. The van der Waals surface area contributed by atoms with Gasteiger partial charge >= 0.3 is 0 Å². The van der Waals surface area contributed by atoms with Crippen molar-refractivity contribution in [1.29, 1.82) is 0 Å². The van der Waals surface area contributed by atoms with Crippen LogP contribution in [0.25, 0.3) is 0 Å². The van der Waals surface area contributed by atoms with E-state index in [1.165, 1.54) is 180 Å². The topological polar surface area (TPSA) is 27.7 Å². The second-order valence-corrected chi connectivity index (χ2v) is 13.2. The Morgan fingerprint density at radius 2 is 0.711 bits per heavy atom. The van der Waals surface area contributed by atoms with Gasteiger partial charge in [-0.15, -0.1) is 0 Å². The number of ether oxygens (including phenoxy) is 3. The van der Waals surface area contributed by atoms with Crippen molar-refractivity contribution in [3.8, 4) is 0 Å². The van der Waals surface area contributed by atoms with E-state index < -0.39 is 0 Å². The van der Waals surface area contributed by atoms with Crippen LogP contribution in [0, 0.1) is 5.92 Å². The van der Waals surface area contributed by atoms with Crippen molar-refractivity contribution >= 4 is 0 Å². The molecular weight excluding hydrogens is 468 g/mol. The third-order valence-corrected chi connectivity index (χ3v) is 9.69. The van der Waals surface area contributed by atoms with E-state index in [1.54, 1.807) is 0 Å². The molecular formula is C35H66O3. The molecule has 3 saturated carbocycles. The molecule has 0 amide bonds. The Morgan fingerprint density at radius 1 is 0.368 bits per heavy atom. The molecule has 0 aromatic heterocycles. The largest absolute Gasteiger partial charge is 0.378 e. The van der Waals surface area contributed by atoms with Crippen LogP contribution in [-0.2, 0) is 14.2 Å². The first kappa shape index (κ1) is 32.4. The molecule has 1 atom stereocenters. The highest BCUT2D eigenvalue weighted by Gasteiger charge is 2.17. The fraction of sp³-hybridized carbons (Fsp3) is 1.00. The molecule has 0 aliphatic heterocycles. The van der Waals surface area contributed by atoms with Gasteiger partial charge in [-0.2, -0.15) is 0 Å². The minimum absolute atomic E-state index is 0.526. The van der Waals surface area contributed by atoms with E-state index in [9.17, 15) is 0 Å². The third-order valence-electron chi connectivity index (χ3n) is 9.69. The summed E-state index contributed by atoms with van der Waals surface area (Å²) < 4.78 is 19.2. The smallest absolute Gasteiger partial charge is 0.0575 e. The van der Waals surface area contributed by atoms with Gasteiger partial charge in [0.1, 0.15) is 0 Å². The van der Waals surface area contributed by atoms with E-state index in [4.69, 9.17) is 14.2 Å². The monoisotopic (exact) mass is 535 g/mol. The molecule has 0 aromatic rings. The number of hydrogen-bond donors (Lipinski definition) is 0. The van der Waals surface area contributed by atoms with E-state index >= 15 is 0 Å². The van der Waals surface area contributed by atoms with Crippen LogP contribution in [0.4, 0.5) is 0 Å². The second-order valence-electron chi connectivity index (χ2n) is 13.2. The summed E-state index contributed by atoms with van der Waals surface area (Å²) in [6.45, 7) is 2.94. The normalized spacial score (nSPS) is 23.1. The van der Waals surface area contributed by atoms with Crippen LogP contribution in [-0.4, -0.2) is 38.1 Å². The SMILES string of the molecule is C1CCCC(OCCCCCC(CCCCOC2CCCCCCC2)COC2CCCCCCC2)CCC1. The van der Waals surface area contributed by atoms with Gasteiger partial charge in [0.05, 0.1) is 18.3 Å². The predicted octanol–water partition coefficient (Wildman–Crippen LogP) is 10.7. The Bertz CT molecular complexity index is 499. The second kappa shape index (κ2) is 22.6. The summed E-state index contributed by atoms with van der Waals surface area (Å²) in [5.41, 5.74) is 0. The highest BCUT2D eigenvalue weighted by Crippen LogP contribution is 2.25. The van der Waals surface area contributed by atoms with Crippen molar-refractivity contribution in [3.05, 3.63) is 0 Å². The van der Waals surface area contributed by atoms with E-state index in [0.29, 0.717) is 18.3 Å². The van der Waals surface area contributed by atoms with Gasteiger partial charge in [0.15, 0.2) is 0 Å². The molecule has 1 unspecified atom stereocenters. The maximum atomic E-state index is 6.58. The number of rotatable bonds is 16. The zero-order chi connectivity index (χ0) is 26.4. The zero-order valence-electron chi connectivity index (χ0n) is 25.5. The lowest BCUT2D eigenvalue weighted by Crippen LogP contribution is -2.20. The van der Waals surface area contributed by atoms with Crippen molar-refractivity contribution < 1.29 is 14.2 Å². The van der Waals surface area contributed by atoms with E-state index in [-0.39, 0.29) is 0 Å². The molecule has 3 nitrogen and oxygen atoms in total. The quantitative estimate of drug-likeness (QED) is 0.184. The Morgan fingerprint density at radius 3 is 1.16 bits per heavy atom. The number of unbranched alkanes of at least 4 members (excludes halogenated alkanes) is 3. The van der Waals surface area contributed by atoms with Crippen LogP contribution in [0.1, 0.15) is 180 Å². The van der Waals surface area contributed by atoms with Gasteiger partial charge in [-0.3, -0.25) is 0 Å². The van der Waals surface area contributed by atoms with Gasteiger partial charge < -0.3 is 14.2 Å². The van der Waals surface area contributed by atoms with Crippen molar-refractivity contribution in [1.82, 2.24) is 0 Å². The van der Waals surface area contributed by atoms with E-state index in [2.05, 4.69) is 0 Å². The van der Waals surface area contributed by atoms with Gasteiger partial charge in [-0.25, -0.2) is 0 Å². The van der Waals surface area contributed by atoms with Gasteiger partial charge in [-0.1, -0.05) is 116 Å². The molecule has 0 spiro atoms. The molecule has 0 aromatic carbocycles. The van der Waals surface area contributed by atoms with Crippen molar-refractivity contribution in [2.45, 2.75) is 198 Å². The lowest BCUT2D eigenvalue weighted by atomic mass is 9.95. The summed E-state index contributed by atoms with van der Waals surface area (Å²) in [6, 6.07) is 0. The average Bonchev–Trinajstić information content (AvgIpc) is 2.86. The standard InChI is InChI=1S/C35H66O3/c1-4-12-23-33(24-13-5-1)36-29-19-10-11-21-32(31-38-35-27-16-8-3-9-17-28-35)22-18-20-30-37-34-25-14-6-2-7-15-26-34/h32-35H,1-31H2. The Labute approximate surface area is 237 Å². The van der Waals surface area contributed by atoms with Gasteiger partial charge in [0, 0.05) is 19.8 Å². The first-order valence-electron chi connectivity index (χ1n) is 17.7. The maximum Gasteiger partial charge on any atom is 0.0575 e. The van der Waals surface area contributed by atoms with Crippen LogP contribution in [0.15, 0.2) is 0 Å². The summed E-state index contributed by atoms with van der Waals surface area (Å²) >= 11 is 0. The van der Waals surface area contributed by atoms with Crippen LogP contribution in [0.3, 0.4) is 0 Å². The number of hydrogen-bond acceptors (Lipinski definition) is 3. The fourth-order valence-electron chi connectivity index (χ4n) is 7.09. The Balaban J connectivity index is 1.29. The van der Waals surface area contributed by atoms with Crippen molar-refractivity contribution in [2.24, 2.45) is 5.92 Å². The predicted molar refractivity (Wildman–Crippen MR) is 162 cm³/mol. The molecule has 0 radical (unpaired) electrons. The fourth-order valence-corrected chi connectivity index (χ4v) is 7.09. The highest BCUT2D eigenvalue weighted by molar-refractivity contribution is 4.68. The van der Waals surface area contributed by atoms with E-state index in [1.807, 2.05) is 0 Å². The maximum absolute atomic E-state index is 6.58. The zero-order valence-corrected chi connectivity index (χ0v) is 25.5. The highest BCUT2D eigenvalue weighted by atomic mass is 16.5. The Kier molecular flexibility index (Phi) is 19.2. The van der Waals surface area contributed by atoms with Crippen LogP contribution < -0.4 is 0 Å². The first-order valence-corrected chi connectivity index (χ1v) is 17.7. The molecule has 0 N–H and O–H groups in total. The van der Waals surface area contributed by atoms with Gasteiger partial charge in [0.2, 0.25) is 0 Å². The summed E-state index contributed by atoms with van der Waals surface area (Å²) in [5.74, 6) is 0.730. The molecule has 0 heterocycles. The lowest BCUT2D eigenvalue weighted by molar-refractivity contribution is 0.00719. The molecule has 3 aliphatic carbocycles. The Hall–Kier alpha value is -0.120. The molecule has 0 saturated heterocycles. The summed E-state index contributed by atoms with van der Waals surface area (Å²) in [6.07, 6.45) is 39.5. The molecule has 38 heavy (non-hydrogen) atoms. The van der Waals surface area contributed by atoms with Gasteiger partial charge in [-0.05, 0) is 70.1 Å². The van der Waals surface area contributed by atoms with Crippen molar-refractivity contribution in [2.75, 3.05) is 19.8 Å². The molecule has 3 heteroatoms.